The minimum absolute atomic E-state index is 0.250. The molecule has 0 saturated carbocycles. The maximum atomic E-state index is 9.89. The molecule has 0 aliphatic rings. The smallest absolute Gasteiger partial charge is 0.125 e. The Hall–Kier alpha value is -1.48. The molecule has 3 heteroatoms. The average molecular weight is 220 g/mol. The Bertz CT molecular complexity index is 370. The Morgan fingerprint density at radius 1 is 1.38 bits per heavy atom. The number of benzene rings is 1. The summed E-state index contributed by atoms with van der Waals surface area (Å²) in [6, 6.07) is 5.63. The van der Waals surface area contributed by atoms with Crippen molar-refractivity contribution < 1.29 is 5.11 Å². The molecule has 0 heterocycles. The minimum atomic E-state index is 0.250. The minimum Gasteiger partial charge on any atom is -0.507 e. The fourth-order valence-electron chi connectivity index (χ4n) is 1.71. The highest BCUT2D eigenvalue weighted by Crippen LogP contribution is 2.28. The average Bonchev–Trinajstić information content (AvgIpc) is 2.30. The highest BCUT2D eigenvalue weighted by atomic mass is 16.3. The molecule has 0 fully saturated rings. The summed E-state index contributed by atoms with van der Waals surface area (Å²) >= 11 is 0. The number of aromatic hydroxyl groups is 1. The van der Waals surface area contributed by atoms with E-state index >= 15 is 0 Å². The summed E-state index contributed by atoms with van der Waals surface area (Å²) in [7, 11) is 0. The summed E-state index contributed by atoms with van der Waals surface area (Å²) in [6.07, 6.45) is 0. The number of anilines is 1. The van der Waals surface area contributed by atoms with Crippen LogP contribution in [0.15, 0.2) is 24.8 Å². The van der Waals surface area contributed by atoms with Crippen molar-refractivity contribution in [1.29, 1.82) is 0 Å². The fraction of sp³-hybridized carbons (Fsp3) is 0.385. The molecule has 0 unspecified atom stereocenters. The van der Waals surface area contributed by atoms with Gasteiger partial charge >= 0.3 is 0 Å². The third kappa shape index (κ3) is 2.55. The first kappa shape index (κ1) is 12.6. The number of phenols is 1. The predicted molar refractivity (Wildman–Crippen MR) is 69.8 cm³/mol. The molecule has 0 atom stereocenters. The molecule has 1 aromatic rings. The summed E-state index contributed by atoms with van der Waals surface area (Å²) in [5, 5.41) is 9.89. The molecule has 16 heavy (non-hydrogen) atoms. The van der Waals surface area contributed by atoms with E-state index in [0.717, 1.165) is 29.9 Å². The van der Waals surface area contributed by atoms with Crippen molar-refractivity contribution in [1.82, 2.24) is 0 Å². The number of nitrogens with zero attached hydrogens (tertiary/aromatic N) is 1. The van der Waals surface area contributed by atoms with Gasteiger partial charge in [-0.3, -0.25) is 0 Å². The van der Waals surface area contributed by atoms with Crippen molar-refractivity contribution in [3.63, 3.8) is 0 Å². The van der Waals surface area contributed by atoms with Crippen molar-refractivity contribution in [2.45, 2.75) is 13.8 Å². The van der Waals surface area contributed by atoms with E-state index in [9.17, 15) is 5.11 Å². The molecule has 0 amide bonds. The topological polar surface area (TPSA) is 49.5 Å². The van der Waals surface area contributed by atoms with Gasteiger partial charge in [0.25, 0.3) is 0 Å². The van der Waals surface area contributed by atoms with E-state index < -0.39 is 0 Å². The van der Waals surface area contributed by atoms with Crippen molar-refractivity contribution in [3.05, 3.63) is 30.3 Å². The van der Waals surface area contributed by atoms with Gasteiger partial charge in [-0.2, -0.15) is 0 Å². The molecule has 3 nitrogen and oxygen atoms in total. The lowest BCUT2D eigenvalue weighted by Gasteiger charge is -2.21. The van der Waals surface area contributed by atoms with Crippen molar-refractivity contribution in [2.24, 2.45) is 5.73 Å². The second-order valence-corrected chi connectivity index (χ2v) is 3.68. The van der Waals surface area contributed by atoms with Crippen molar-refractivity contribution in [2.75, 3.05) is 24.5 Å². The standard InChI is InChI=1S/C13H20N2O/c1-4-15(5-2)11-6-7-12(10(3)9-14)13(16)8-11/h6-8,16H,3-5,9,14H2,1-2H3. The van der Waals surface area contributed by atoms with Crippen LogP contribution in [0.1, 0.15) is 19.4 Å². The van der Waals surface area contributed by atoms with Gasteiger partial charge in [-0.1, -0.05) is 6.58 Å². The van der Waals surface area contributed by atoms with Crippen LogP contribution in [0.5, 0.6) is 5.75 Å². The highest BCUT2D eigenvalue weighted by Gasteiger charge is 2.08. The van der Waals surface area contributed by atoms with Gasteiger partial charge in [-0.25, -0.2) is 0 Å². The lowest BCUT2D eigenvalue weighted by Crippen LogP contribution is -2.21. The lowest BCUT2D eigenvalue weighted by molar-refractivity contribution is 0.473. The molecule has 3 N–H and O–H groups in total. The molecular weight excluding hydrogens is 200 g/mol. The van der Waals surface area contributed by atoms with Gasteiger partial charge in [0.05, 0.1) is 0 Å². The highest BCUT2D eigenvalue weighted by molar-refractivity contribution is 5.72. The van der Waals surface area contributed by atoms with Crippen LogP contribution in [0.25, 0.3) is 5.57 Å². The van der Waals surface area contributed by atoms with E-state index in [1.54, 1.807) is 6.07 Å². The normalized spacial score (nSPS) is 10.2. The number of nitrogens with two attached hydrogens (primary N) is 1. The van der Waals surface area contributed by atoms with E-state index in [4.69, 9.17) is 5.73 Å². The second kappa shape index (κ2) is 5.56. The molecule has 0 aromatic heterocycles. The number of hydrogen-bond acceptors (Lipinski definition) is 3. The number of phenolic OH excluding ortho intramolecular Hbond substituents is 1. The molecule has 0 aliphatic carbocycles. The summed E-state index contributed by atoms with van der Waals surface area (Å²) in [5.74, 6) is 0.250. The molecule has 0 bridgehead atoms. The monoisotopic (exact) mass is 220 g/mol. The SMILES string of the molecule is C=C(CN)c1ccc(N(CC)CC)cc1O. The van der Waals surface area contributed by atoms with Gasteiger partial charge < -0.3 is 15.7 Å². The van der Waals surface area contributed by atoms with Crippen LogP contribution >= 0.6 is 0 Å². The zero-order valence-electron chi connectivity index (χ0n) is 10.0. The lowest BCUT2D eigenvalue weighted by atomic mass is 10.1. The maximum absolute atomic E-state index is 9.89. The zero-order chi connectivity index (χ0) is 12.1. The van der Waals surface area contributed by atoms with Gasteiger partial charge in [0.15, 0.2) is 0 Å². The fourth-order valence-corrected chi connectivity index (χ4v) is 1.71. The molecule has 1 rings (SSSR count). The van der Waals surface area contributed by atoms with Crippen LogP contribution < -0.4 is 10.6 Å². The Morgan fingerprint density at radius 3 is 2.44 bits per heavy atom. The quantitative estimate of drug-likeness (QED) is 0.800. The molecule has 0 radical (unpaired) electrons. The first-order valence-electron chi connectivity index (χ1n) is 5.60. The van der Waals surface area contributed by atoms with Crippen LogP contribution in [0.2, 0.25) is 0 Å². The molecule has 0 aliphatic heterocycles. The summed E-state index contributed by atoms with van der Waals surface area (Å²) in [6.45, 7) is 10.2. The third-order valence-corrected chi connectivity index (χ3v) is 2.74. The predicted octanol–water partition coefficient (Wildman–Crippen LogP) is 2.21. The summed E-state index contributed by atoms with van der Waals surface area (Å²) in [4.78, 5) is 2.18. The van der Waals surface area contributed by atoms with E-state index in [-0.39, 0.29) is 5.75 Å². The Balaban J connectivity index is 3.03. The van der Waals surface area contributed by atoms with Crippen LogP contribution in [0.3, 0.4) is 0 Å². The molecule has 1 aromatic carbocycles. The molecule has 0 saturated heterocycles. The maximum Gasteiger partial charge on any atom is 0.125 e. The summed E-state index contributed by atoms with van der Waals surface area (Å²) < 4.78 is 0. The Kier molecular flexibility index (Phi) is 4.38. The van der Waals surface area contributed by atoms with Crippen LogP contribution in [0.4, 0.5) is 5.69 Å². The number of rotatable bonds is 5. The first-order chi connectivity index (χ1) is 7.63. The third-order valence-electron chi connectivity index (χ3n) is 2.74. The Morgan fingerprint density at radius 2 is 2.00 bits per heavy atom. The molecular formula is C13H20N2O. The van der Waals surface area contributed by atoms with E-state index in [0.29, 0.717) is 6.54 Å². The van der Waals surface area contributed by atoms with Crippen molar-refractivity contribution in [3.8, 4) is 5.75 Å². The van der Waals surface area contributed by atoms with Gasteiger partial charge in [0.2, 0.25) is 0 Å². The van der Waals surface area contributed by atoms with Crippen molar-refractivity contribution >= 4 is 11.3 Å². The zero-order valence-corrected chi connectivity index (χ0v) is 10.0. The van der Waals surface area contributed by atoms with E-state index in [1.807, 2.05) is 12.1 Å². The second-order valence-electron chi connectivity index (χ2n) is 3.68. The van der Waals surface area contributed by atoms with Gasteiger partial charge in [0, 0.05) is 37.0 Å². The first-order valence-corrected chi connectivity index (χ1v) is 5.60. The van der Waals surface area contributed by atoms with E-state index in [1.165, 1.54) is 0 Å². The molecule has 88 valence electrons. The van der Waals surface area contributed by atoms with Gasteiger partial charge in [0.1, 0.15) is 5.75 Å². The van der Waals surface area contributed by atoms with Crippen LogP contribution in [-0.2, 0) is 0 Å². The van der Waals surface area contributed by atoms with E-state index in [2.05, 4.69) is 25.3 Å². The van der Waals surface area contributed by atoms with Gasteiger partial charge in [-0.05, 0) is 31.6 Å². The Labute approximate surface area is 97.2 Å². The van der Waals surface area contributed by atoms with Crippen LogP contribution in [-0.4, -0.2) is 24.7 Å². The summed E-state index contributed by atoms with van der Waals surface area (Å²) in [5.41, 5.74) is 8.01. The number of hydrogen-bond donors (Lipinski definition) is 2. The van der Waals surface area contributed by atoms with Crippen LogP contribution in [0, 0.1) is 0 Å². The largest absolute Gasteiger partial charge is 0.507 e. The molecule has 0 spiro atoms. The van der Waals surface area contributed by atoms with Gasteiger partial charge in [-0.15, -0.1) is 0 Å².